The number of halogens is 3. The molecule has 5 rings (SSSR count). The Hall–Kier alpha value is -3.20. The summed E-state index contributed by atoms with van der Waals surface area (Å²) in [6.07, 6.45) is -1.60. The largest absolute Gasteiger partial charge is 0.417 e. The first-order valence-corrected chi connectivity index (χ1v) is 12.5. The molecule has 9 heteroatoms. The Morgan fingerprint density at radius 2 is 1.71 bits per heavy atom. The summed E-state index contributed by atoms with van der Waals surface area (Å²) in [6.45, 7) is 0.686. The minimum Gasteiger partial charge on any atom is -0.344 e. The number of alkyl halides is 3. The fraction of sp³-hybridized carbons (Fsp3) is 0.346. The summed E-state index contributed by atoms with van der Waals surface area (Å²) in [4.78, 5) is 31.7. The Morgan fingerprint density at radius 3 is 2.49 bits per heavy atom. The number of fused-ring (bicyclic) bond motifs is 1. The molecule has 1 fully saturated rings. The molecule has 0 saturated carbocycles. The molecule has 2 aromatic carbocycles. The Morgan fingerprint density at radius 1 is 1.00 bits per heavy atom. The summed E-state index contributed by atoms with van der Waals surface area (Å²) in [6, 6.07) is 13.0. The summed E-state index contributed by atoms with van der Waals surface area (Å²) in [5.41, 5.74) is 1.57. The van der Waals surface area contributed by atoms with Crippen LogP contribution in [0.4, 0.5) is 13.2 Å². The average Bonchev–Trinajstić information content (AvgIpc) is 3.51. The highest BCUT2D eigenvalue weighted by Gasteiger charge is 2.37. The molecule has 2 amide bonds. The first kappa shape index (κ1) is 23.5. The van der Waals surface area contributed by atoms with Crippen molar-refractivity contribution in [3.63, 3.8) is 0 Å². The number of aryl methyl sites for hydroxylation is 1. The molecule has 35 heavy (non-hydrogen) atoms. The van der Waals surface area contributed by atoms with Crippen molar-refractivity contribution >= 4 is 23.2 Å². The predicted octanol–water partition coefficient (Wildman–Crippen LogP) is 5.60. The Labute approximate surface area is 205 Å². The van der Waals surface area contributed by atoms with Crippen LogP contribution in [0.1, 0.15) is 73.8 Å². The minimum absolute atomic E-state index is 0.0160. The highest BCUT2D eigenvalue weighted by Crippen LogP contribution is 2.35. The molecule has 2 heterocycles. The van der Waals surface area contributed by atoms with Crippen LogP contribution in [0.5, 0.6) is 0 Å². The number of likely N-dealkylation sites (tertiary alicyclic amines) is 1. The van der Waals surface area contributed by atoms with Gasteiger partial charge in [-0.15, -0.1) is 11.3 Å². The van der Waals surface area contributed by atoms with Crippen LogP contribution < -0.4 is 5.32 Å². The number of thiazole rings is 1. The number of carbonyl (C=O) groups excluding carboxylic acids is 2. The lowest BCUT2D eigenvalue weighted by Gasteiger charge is -2.31. The number of hydrogen-bond acceptors (Lipinski definition) is 4. The SMILES string of the molecule is O=C(NC1CCc2ccccc21)c1csc(C2CCN(C(=O)c3ccccc3C(F)(F)F)CC2)n1. The third kappa shape index (κ3) is 4.82. The zero-order valence-electron chi connectivity index (χ0n) is 18.8. The lowest BCUT2D eigenvalue weighted by atomic mass is 9.96. The quantitative estimate of drug-likeness (QED) is 0.508. The van der Waals surface area contributed by atoms with Gasteiger partial charge in [-0.2, -0.15) is 13.2 Å². The summed E-state index contributed by atoms with van der Waals surface area (Å²) >= 11 is 1.42. The average molecular weight is 500 g/mol. The first-order valence-electron chi connectivity index (χ1n) is 11.6. The highest BCUT2D eigenvalue weighted by molar-refractivity contribution is 7.09. The molecule has 1 aliphatic carbocycles. The molecule has 182 valence electrons. The van der Waals surface area contributed by atoms with Crippen LogP contribution in [0.15, 0.2) is 53.9 Å². The van der Waals surface area contributed by atoms with E-state index in [1.165, 1.54) is 40.0 Å². The van der Waals surface area contributed by atoms with Crippen molar-refractivity contribution in [1.29, 1.82) is 0 Å². The van der Waals surface area contributed by atoms with Gasteiger partial charge in [-0.3, -0.25) is 9.59 Å². The van der Waals surface area contributed by atoms with E-state index in [0.717, 1.165) is 29.5 Å². The Balaban J connectivity index is 1.20. The van der Waals surface area contributed by atoms with Crippen LogP contribution in [0.3, 0.4) is 0 Å². The third-order valence-electron chi connectivity index (χ3n) is 6.79. The van der Waals surface area contributed by atoms with Crippen LogP contribution in [-0.4, -0.2) is 34.8 Å². The zero-order chi connectivity index (χ0) is 24.6. The lowest BCUT2D eigenvalue weighted by Crippen LogP contribution is -2.38. The number of benzene rings is 2. The molecule has 5 nitrogen and oxygen atoms in total. The maximum absolute atomic E-state index is 13.3. The van der Waals surface area contributed by atoms with Gasteiger partial charge in [-0.25, -0.2) is 4.98 Å². The van der Waals surface area contributed by atoms with Gasteiger partial charge in [0.25, 0.3) is 11.8 Å². The number of carbonyl (C=O) groups is 2. The number of rotatable bonds is 4. The van der Waals surface area contributed by atoms with E-state index in [9.17, 15) is 22.8 Å². The fourth-order valence-corrected chi connectivity index (χ4v) is 5.91. The number of amides is 2. The Bertz CT molecular complexity index is 1250. The minimum atomic E-state index is -4.58. The fourth-order valence-electron chi connectivity index (χ4n) is 4.94. The van der Waals surface area contributed by atoms with Gasteiger partial charge in [0, 0.05) is 24.4 Å². The summed E-state index contributed by atoms with van der Waals surface area (Å²) in [5.74, 6) is -0.742. The molecule has 1 aliphatic heterocycles. The van der Waals surface area contributed by atoms with Crippen molar-refractivity contribution in [1.82, 2.24) is 15.2 Å². The molecule has 3 aromatic rings. The monoisotopic (exact) mass is 499 g/mol. The van der Waals surface area contributed by atoms with Gasteiger partial charge >= 0.3 is 6.18 Å². The van der Waals surface area contributed by atoms with E-state index in [-0.39, 0.29) is 23.4 Å². The highest BCUT2D eigenvalue weighted by atomic mass is 32.1. The van der Waals surface area contributed by atoms with E-state index in [2.05, 4.69) is 16.4 Å². The molecular weight excluding hydrogens is 475 g/mol. The van der Waals surface area contributed by atoms with E-state index in [4.69, 9.17) is 0 Å². The normalized spacial score (nSPS) is 18.4. The van der Waals surface area contributed by atoms with Crippen molar-refractivity contribution < 1.29 is 22.8 Å². The number of nitrogens with zero attached hydrogens (tertiary/aromatic N) is 2. The molecular formula is C26H24F3N3O2S. The summed E-state index contributed by atoms with van der Waals surface area (Å²) < 4.78 is 40.0. The third-order valence-corrected chi connectivity index (χ3v) is 7.79. The first-order chi connectivity index (χ1) is 16.8. The van der Waals surface area contributed by atoms with Crippen molar-refractivity contribution in [2.24, 2.45) is 0 Å². The maximum Gasteiger partial charge on any atom is 0.417 e. The van der Waals surface area contributed by atoms with E-state index in [1.54, 1.807) is 5.38 Å². The molecule has 1 unspecified atom stereocenters. The van der Waals surface area contributed by atoms with Gasteiger partial charge < -0.3 is 10.2 Å². The van der Waals surface area contributed by atoms with E-state index in [1.807, 2.05) is 18.2 Å². The summed E-state index contributed by atoms with van der Waals surface area (Å²) in [5, 5.41) is 5.66. The van der Waals surface area contributed by atoms with E-state index < -0.39 is 17.6 Å². The van der Waals surface area contributed by atoms with E-state index >= 15 is 0 Å². The summed E-state index contributed by atoms with van der Waals surface area (Å²) in [7, 11) is 0. The molecule has 1 atom stereocenters. The van der Waals surface area contributed by atoms with Gasteiger partial charge in [0.2, 0.25) is 0 Å². The lowest BCUT2D eigenvalue weighted by molar-refractivity contribution is -0.138. The van der Waals surface area contributed by atoms with Crippen molar-refractivity contribution in [3.05, 3.63) is 86.9 Å². The number of aromatic nitrogens is 1. The maximum atomic E-state index is 13.3. The second-order valence-electron chi connectivity index (χ2n) is 8.94. The second kappa shape index (κ2) is 9.45. The van der Waals surface area contributed by atoms with Gasteiger partial charge in [0.05, 0.1) is 22.2 Å². The number of nitrogens with one attached hydrogen (secondary N) is 1. The van der Waals surface area contributed by atoms with Crippen molar-refractivity contribution in [2.45, 2.75) is 43.8 Å². The smallest absolute Gasteiger partial charge is 0.344 e. The molecule has 1 saturated heterocycles. The molecule has 1 aromatic heterocycles. The molecule has 0 bridgehead atoms. The zero-order valence-corrected chi connectivity index (χ0v) is 19.7. The second-order valence-corrected chi connectivity index (χ2v) is 9.83. The van der Waals surface area contributed by atoms with Crippen LogP contribution >= 0.6 is 11.3 Å². The molecule has 1 N–H and O–H groups in total. The van der Waals surface area contributed by atoms with Crippen molar-refractivity contribution in [2.75, 3.05) is 13.1 Å². The van der Waals surface area contributed by atoms with E-state index in [0.29, 0.717) is 31.6 Å². The van der Waals surface area contributed by atoms with Gasteiger partial charge in [0.1, 0.15) is 5.69 Å². The molecule has 2 aliphatic rings. The van der Waals surface area contributed by atoms with Gasteiger partial charge in [-0.05, 0) is 48.9 Å². The Kier molecular flexibility index (Phi) is 6.35. The van der Waals surface area contributed by atoms with Crippen LogP contribution in [0.25, 0.3) is 0 Å². The molecule has 0 spiro atoms. The van der Waals surface area contributed by atoms with Gasteiger partial charge in [-0.1, -0.05) is 36.4 Å². The number of hydrogen-bond donors (Lipinski definition) is 1. The van der Waals surface area contributed by atoms with Gasteiger partial charge in [0.15, 0.2) is 0 Å². The number of piperidine rings is 1. The van der Waals surface area contributed by atoms with Crippen molar-refractivity contribution in [3.8, 4) is 0 Å². The predicted molar refractivity (Wildman–Crippen MR) is 126 cm³/mol. The topological polar surface area (TPSA) is 62.3 Å². The van der Waals surface area contributed by atoms with Crippen LogP contribution in [-0.2, 0) is 12.6 Å². The van der Waals surface area contributed by atoms with Crippen LogP contribution in [0, 0.1) is 0 Å². The van der Waals surface area contributed by atoms with Crippen LogP contribution in [0.2, 0.25) is 0 Å². The standard InChI is InChI=1S/C26H24F3N3O2S/c27-26(28,29)20-8-4-3-7-19(20)25(34)32-13-11-17(12-14-32)24-31-22(15-35-24)23(33)30-21-10-9-16-5-1-2-6-18(16)21/h1-8,15,17,21H,9-14H2,(H,30,33). The molecule has 0 radical (unpaired) electrons.